The maximum atomic E-state index is 13.8. The summed E-state index contributed by atoms with van der Waals surface area (Å²) in [4.78, 5) is 0. The molecule has 0 aliphatic rings. The van der Waals surface area contributed by atoms with Crippen LogP contribution in [0.4, 0.5) is 4.39 Å². The second kappa shape index (κ2) is 5.53. The molecule has 1 aromatic carbocycles. The summed E-state index contributed by atoms with van der Waals surface area (Å²) >= 11 is 0. The van der Waals surface area contributed by atoms with E-state index in [0.29, 0.717) is 17.5 Å². The molecule has 0 aliphatic heterocycles. The van der Waals surface area contributed by atoms with E-state index in [4.69, 9.17) is 6.42 Å². The molecule has 1 unspecified atom stereocenters. The first-order valence-corrected chi connectivity index (χ1v) is 5.12. The Morgan fingerprint density at radius 3 is 2.87 bits per heavy atom. The molecule has 1 aromatic rings. The predicted octanol–water partition coefficient (Wildman–Crippen LogP) is 2.81. The second-order valence-corrected chi connectivity index (χ2v) is 3.50. The van der Waals surface area contributed by atoms with Gasteiger partial charge in [0.25, 0.3) is 0 Å². The van der Waals surface area contributed by atoms with E-state index in [-0.39, 0.29) is 11.9 Å². The Labute approximate surface area is 90.7 Å². The molecule has 1 N–H and O–H groups in total. The van der Waals surface area contributed by atoms with Crippen molar-refractivity contribution in [3.05, 3.63) is 35.1 Å². The highest BCUT2D eigenvalue weighted by Crippen LogP contribution is 2.21. The van der Waals surface area contributed by atoms with Gasteiger partial charge in [-0.1, -0.05) is 25.1 Å². The van der Waals surface area contributed by atoms with E-state index in [1.807, 2.05) is 13.0 Å². The first kappa shape index (κ1) is 11.7. The fourth-order valence-corrected chi connectivity index (χ4v) is 1.60. The van der Waals surface area contributed by atoms with Crippen LogP contribution in [-0.4, -0.2) is 6.54 Å². The number of hydrogen-bond acceptors (Lipinski definition) is 1. The van der Waals surface area contributed by atoms with Gasteiger partial charge in [0, 0.05) is 18.0 Å². The molecule has 0 amide bonds. The van der Waals surface area contributed by atoms with Crippen molar-refractivity contribution in [2.75, 3.05) is 6.54 Å². The Morgan fingerprint density at radius 1 is 1.53 bits per heavy atom. The molecule has 0 heterocycles. The molecule has 2 heteroatoms. The molecule has 1 rings (SSSR count). The lowest BCUT2D eigenvalue weighted by atomic mass is 10.0. The molecule has 0 fully saturated rings. The third kappa shape index (κ3) is 2.81. The van der Waals surface area contributed by atoms with Crippen molar-refractivity contribution in [2.24, 2.45) is 0 Å². The molecule has 0 bridgehead atoms. The van der Waals surface area contributed by atoms with E-state index in [0.717, 1.165) is 6.54 Å². The lowest BCUT2D eigenvalue weighted by Gasteiger charge is -2.17. The molecule has 80 valence electrons. The summed E-state index contributed by atoms with van der Waals surface area (Å²) in [7, 11) is 0. The van der Waals surface area contributed by atoms with Crippen LogP contribution in [0, 0.1) is 25.1 Å². The normalized spacial score (nSPS) is 12.1. The fourth-order valence-electron chi connectivity index (χ4n) is 1.60. The number of rotatable bonds is 4. The van der Waals surface area contributed by atoms with Crippen molar-refractivity contribution in [3.63, 3.8) is 0 Å². The maximum Gasteiger partial charge on any atom is 0.130 e. The van der Waals surface area contributed by atoms with Crippen LogP contribution in [0.1, 0.15) is 30.5 Å². The van der Waals surface area contributed by atoms with Gasteiger partial charge >= 0.3 is 0 Å². The molecule has 1 atom stereocenters. The molecular formula is C13H16FN. The summed E-state index contributed by atoms with van der Waals surface area (Å²) in [5.74, 6) is 2.41. The molecule has 0 radical (unpaired) electrons. The van der Waals surface area contributed by atoms with Gasteiger partial charge in [-0.05, 0) is 19.0 Å². The molecule has 0 aliphatic carbocycles. The van der Waals surface area contributed by atoms with E-state index in [1.54, 1.807) is 19.1 Å². The van der Waals surface area contributed by atoms with Crippen molar-refractivity contribution in [1.29, 1.82) is 0 Å². The van der Waals surface area contributed by atoms with Gasteiger partial charge in [0.15, 0.2) is 0 Å². The summed E-state index contributed by atoms with van der Waals surface area (Å²) < 4.78 is 13.8. The fraction of sp³-hybridized carbons (Fsp3) is 0.385. The van der Waals surface area contributed by atoms with E-state index < -0.39 is 0 Å². The van der Waals surface area contributed by atoms with Crippen LogP contribution in [0.15, 0.2) is 18.2 Å². The third-order valence-electron chi connectivity index (χ3n) is 2.37. The molecular weight excluding hydrogens is 189 g/mol. The van der Waals surface area contributed by atoms with Crippen molar-refractivity contribution >= 4 is 0 Å². The Bertz CT molecular complexity index is 365. The van der Waals surface area contributed by atoms with Crippen molar-refractivity contribution in [3.8, 4) is 12.3 Å². The average Bonchev–Trinajstić information content (AvgIpc) is 2.22. The number of hydrogen-bond donors (Lipinski definition) is 1. The van der Waals surface area contributed by atoms with Gasteiger partial charge in [-0.25, -0.2) is 4.39 Å². The topological polar surface area (TPSA) is 12.0 Å². The zero-order valence-corrected chi connectivity index (χ0v) is 9.18. The van der Waals surface area contributed by atoms with E-state index >= 15 is 0 Å². The van der Waals surface area contributed by atoms with Crippen LogP contribution in [-0.2, 0) is 0 Å². The third-order valence-corrected chi connectivity index (χ3v) is 2.37. The molecule has 1 nitrogen and oxygen atoms in total. The minimum Gasteiger partial charge on any atom is -0.309 e. The predicted molar refractivity (Wildman–Crippen MR) is 61.0 cm³/mol. The lowest BCUT2D eigenvalue weighted by Crippen LogP contribution is -2.21. The van der Waals surface area contributed by atoms with Crippen LogP contribution in [0.5, 0.6) is 0 Å². The van der Waals surface area contributed by atoms with Crippen LogP contribution in [0.25, 0.3) is 0 Å². The summed E-state index contributed by atoms with van der Waals surface area (Å²) in [6.45, 7) is 4.52. The number of aryl methyl sites for hydroxylation is 1. The van der Waals surface area contributed by atoms with Gasteiger partial charge < -0.3 is 5.32 Å². The first-order chi connectivity index (χ1) is 7.20. The lowest BCUT2D eigenvalue weighted by molar-refractivity contribution is 0.517. The highest BCUT2D eigenvalue weighted by Gasteiger charge is 2.14. The van der Waals surface area contributed by atoms with Gasteiger partial charge in [-0.3, -0.25) is 0 Å². The summed E-state index contributed by atoms with van der Waals surface area (Å²) in [5.41, 5.74) is 1.32. The van der Waals surface area contributed by atoms with E-state index in [1.165, 1.54) is 0 Å². The van der Waals surface area contributed by atoms with Crippen LogP contribution in [0.3, 0.4) is 0 Å². The number of nitrogens with one attached hydrogen (secondary N) is 1. The Hall–Kier alpha value is -1.33. The van der Waals surface area contributed by atoms with Crippen molar-refractivity contribution in [1.82, 2.24) is 5.32 Å². The molecule has 0 saturated carbocycles. The zero-order valence-electron chi connectivity index (χ0n) is 9.18. The smallest absolute Gasteiger partial charge is 0.130 e. The van der Waals surface area contributed by atoms with Crippen LogP contribution < -0.4 is 5.32 Å². The van der Waals surface area contributed by atoms with E-state index in [9.17, 15) is 4.39 Å². The van der Waals surface area contributed by atoms with Gasteiger partial charge in [0.05, 0.1) is 0 Å². The van der Waals surface area contributed by atoms with Crippen molar-refractivity contribution in [2.45, 2.75) is 26.3 Å². The van der Waals surface area contributed by atoms with Crippen LogP contribution in [0.2, 0.25) is 0 Å². The molecule has 15 heavy (non-hydrogen) atoms. The van der Waals surface area contributed by atoms with Gasteiger partial charge in [-0.2, -0.15) is 0 Å². The molecule has 0 saturated heterocycles. The average molecular weight is 205 g/mol. The summed E-state index contributed by atoms with van der Waals surface area (Å²) in [5, 5.41) is 3.19. The highest BCUT2D eigenvalue weighted by molar-refractivity contribution is 5.28. The number of benzene rings is 1. The zero-order chi connectivity index (χ0) is 11.3. The Kier molecular flexibility index (Phi) is 4.33. The van der Waals surface area contributed by atoms with Gasteiger partial charge in [-0.15, -0.1) is 12.3 Å². The number of halogens is 1. The SMILES string of the molecule is C#CCC(NCC)c1cccc(C)c1F. The van der Waals surface area contributed by atoms with Crippen LogP contribution >= 0.6 is 0 Å². The molecule has 0 aromatic heterocycles. The summed E-state index contributed by atoms with van der Waals surface area (Å²) in [6, 6.07) is 5.32. The largest absolute Gasteiger partial charge is 0.309 e. The van der Waals surface area contributed by atoms with Gasteiger partial charge in [0.2, 0.25) is 0 Å². The Balaban J connectivity index is 3.00. The summed E-state index contributed by atoms with van der Waals surface area (Å²) in [6.07, 6.45) is 5.78. The van der Waals surface area contributed by atoms with E-state index in [2.05, 4.69) is 11.2 Å². The van der Waals surface area contributed by atoms with Crippen molar-refractivity contribution < 1.29 is 4.39 Å². The minimum absolute atomic E-state index is 0.0834. The second-order valence-electron chi connectivity index (χ2n) is 3.50. The highest BCUT2D eigenvalue weighted by atomic mass is 19.1. The number of terminal acetylenes is 1. The minimum atomic E-state index is -0.154. The Morgan fingerprint density at radius 2 is 2.27 bits per heavy atom. The maximum absolute atomic E-state index is 13.8. The molecule has 0 spiro atoms. The first-order valence-electron chi connectivity index (χ1n) is 5.12. The van der Waals surface area contributed by atoms with Gasteiger partial charge in [0.1, 0.15) is 5.82 Å². The quantitative estimate of drug-likeness (QED) is 0.745. The standard InChI is InChI=1S/C13H16FN/c1-4-7-12(15-5-2)11-9-6-8-10(3)13(11)14/h1,6,8-9,12,15H,5,7H2,2-3H3. The monoisotopic (exact) mass is 205 g/mol.